The first-order chi connectivity index (χ1) is 12.1. The molecular formula is C19H20FN3O2. The number of anilines is 1. The van der Waals surface area contributed by atoms with Crippen LogP contribution in [0, 0.1) is 5.82 Å². The fourth-order valence-electron chi connectivity index (χ4n) is 2.96. The Morgan fingerprint density at radius 1 is 1.04 bits per heavy atom. The third-order valence-electron chi connectivity index (χ3n) is 4.32. The molecule has 5 nitrogen and oxygen atoms in total. The second kappa shape index (κ2) is 7.88. The van der Waals surface area contributed by atoms with Crippen LogP contribution in [0.3, 0.4) is 0 Å². The maximum Gasteiger partial charge on any atom is 0.274 e. The molecule has 0 bridgehead atoms. The molecule has 2 aromatic rings. The van der Waals surface area contributed by atoms with Gasteiger partial charge in [-0.25, -0.2) is 4.39 Å². The molecule has 0 atom stereocenters. The molecule has 1 aromatic carbocycles. The van der Waals surface area contributed by atoms with E-state index >= 15 is 0 Å². The van der Waals surface area contributed by atoms with Crippen LogP contribution in [0.25, 0.3) is 0 Å². The lowest BCUT2D eigenvalue weighted by Gasteiger charge is -2.22. The van der Waals surface area contributed by atoms with E-state index in [4.69, 9.17) is 0 Å². The lowest BCUT2D eigenvalue weighted by atomic mass is 9.95. The van der Waals surface area contributed by atoms with Gasteiger partial charge in [0.1, 0.15) is 11.5 Å². The molecule has 6 heteroatoms. The first kappa shape index (κ1) is 17.1. The molecular weight excluding hydrogens is 321 g/mol. The molecule has 1 aliphatic carbocycles. The van der Waals surface area contributed by atoms with Crippen molar-refractivity contribution in [2.75, 3.05) is 5.32 Å². The van der Waals surface area contributed by atoms with Crippen molar-refractivity contribution < 1.29 is 14.0 Å². The van der Waals surface area contributed by atoms with Crippen molar-refractivity contribution >= 4 is 17.5 Å². The summed E-state index contributed by atoms with van der Waals surface area (Å²) in [7, 11) is 0. The van der Waals surface area contributed by atoms with Gasteiger partial charge in [-0.3, -0.25) is 14.6 Å². The van der Waals surface area contributed by atoms with E-state index in [1.807, 2.05) is 0 Å². The van der Waals surface area contributed by atoms with Crippen molar-refractivity contribution in [2.45, 2.75) is 38.1 Å². The molecule has 0 aliphatic heterocycles. The van der Waals surface area contributed by atoms with Gasteiger partial charge in [0, 0.05) is 17.8 Å². The van der Waals surface area contributed by atoms with Gasteiger partial charge >= 0.3 is 0 Å². The number of hydrogen-bond donors (Lipinski definition) is 2. The fraction of sp³-hybridized carbons (Fsp3) is 0.316. The molecule has 2 amide bonds. The van der Waals surface area contributed by atoms with Crippen LogP contribution in [-0.4, -0.2) is 22.8 Å². The van der Waals surface area contributed by atoms with Crippen molar-refractivity contribution in [3.8, 4) is 0 Å². The molecule has 1 aliphatic rings. The van der Waals surface area contributed by atoms with Crippen LogP contribution >= 0.6 is 0 Å². The van der Waals surface area contributed by atoms with Crippen LogP contribution in [-0.2, 0) is 0 Å². The summed E-state index contributed by atoms with van der Waals surface area (Å²) in [5.74, 6) is -1.30. The first-order valence-corrected chi connectivity index (χ1v) is 8.46. The van der Waals surface area contributed by atoms with E-state index in [9.17, 15) is 14.0 Å². The monoisotopic (exact) mass is 341 g/mol. The summed E-state index contributed by atoms with van der Waals surface area (Å²) < 4.78 is 13.6. The minimum Gasteiger partial charge on any atom is -0.349 e. The minimum absolute atomic E-state index is 0.0690. The smallest absolute Gasteiger partial charge is 0.274 e. The zero-order chi connectivity index (χ0) is 17.6. The average Bonchev–Trinajstić information content (AvgIpc) is 2.64. The Labute approximate surface area is 145 Å². The van der Waals surface area contributed by atoms with E-state index in [0.717, 1.165) is 25.7 Å². The number of aromatic nitrogens is 1. The van der Waals surface area contributed by atoms with E-state index in [2.05, 4.69) is 15.6 Å². The molecule has 0 spiro atoms. The Morgan fingerprint density at radius 3 is 2.56 bits per heavy atom. The molecule has 3 rings (SSSR count). The number of nitrogens with zero attached hydrogens (tertiary/aromatic N) is 1. The normalized spacial score (nSPS) is 14.8. The highest BCUT2D eigenvalue weighted by Gasteiger charge is 2.18. The molecule has 0 radical (unpaired) electrons. The molecule has 0 unspecified atom stereocenters. The summed E-state index contributed by atoms with van der Waals surface area (Å²) in [6.07, 6.45) is 6.83. The van der Waals surface area contributed by atoms with Gasteiger partial charge in [0.25, 0.3) is 11.8 Å². The highest BCUT2D eigenvalue weighted by molar-refractivity contribution is 6.04. The summed E-state index contributed by atoms with van der Waals surface area (Å²) in [5, 5.41) is 5.47. The van der Waals surface area contributed by atoms with Gasteiger partial charge in [0.05, 0.1) is 5.69 Å². The lowest BCUT2D eigenvalue weighted by molar-refractivity contribution is 0.0927. The Bertz CT molecular complexity index is 773. The second-order valence-electron chi connectivity index (χ2n) is 6.17. The summed E-state index contributed by atoms with van der Waals surface area (Å²) >= 11 is 0. The average molecular weight is 341 g/mol. The third-order valence-corrected chi connectivity index (χ3v) is 4.32. The van der Waals surface area contributed by atoms with Crippen LogP contribution in [0.2, 0.25) is 0 Å². The van der Waals surface area contributed by atoms with Gasteiger partial charge in [0.2, 0.25) is 0 Å². The topological polar surface area (TPSA) is 71.1 Å². The maximum absolute atomic E-state index is 13.6. The fourth-order valence-corrected chi connectivity index (χ4v) is 2.96. The van der Waals surface area contributed by atoms with E-state index in [1.165, 1.54) is 30.8 Å². The number of halogens is 1. The molecule has 1 heterocycles. The second-order valence-corrected chi connectivity index (χ2v) is 6.17. The number of carbonyl (C=O) groups is 2. The number of hydrogen-bond acceptors (Lipinski definition) is 3. The number of pyridine rings is 1. The summed E-state index contributed by atoms with van der Waals surface area (Å²) in [6.45, 7) is 0. The molecule has 1 fully saturated rings. The quantitative estimate of drug-likeness (QED) is 0.893. The summed E-state index contributed by atoms with van der Waals surface area (Å²) in [4.78, 5) is 28.6. The first-order valence-electron chi connectivity index (χ1n) is 8.46. The summed E-state index contributed by atoms with van der Waals surface area (Å²) in [5.41, 5.74) is 0.519. The van der Waals surface area contributed by atoms with Crippen molar-refractivity contribution in [1.82, 2.24) is 10.3 Å². The Balaban J connectivity index is 1.69. The lowest BCUT2D eigenvalue weighted by Crippen LogP contribution is -2.36. The Morgan fingerprint density at radius 2 is 1.80 bits per heavy atom. The van der Waals surface area contributed by atoms with Crippen LogP contribution in [0.15, 0.2) is 42.6 Å². The number of para-hydroxylation sites is 1. The molecule has 2 N–H and O–H groups in total. The van der Waals surface area contributed by atoms with Gasteiger partial charge in [-0.2, -0.15) is 0 Å². The standard InChI is InChI=1S/C19H20FN3O2/c20-15-8-4-5-9-16(15)23-19(25)17-12-13(10-11-21-17)18(24)22-14-6-2-1-3-7-14/h4-5,8-12,14H,1-3,6-7H2,(H,22,24)(H,23,25). The van der Waals surface area contributed by atoms with Crippen LogP contribution in [0.1, 0.15) is 53.0 Å². The van der Waals surface area contributed by atoms with Gasteiger partial charge in [-0.05, 0) is 37.1 Å². The molecule has 1 saturated carbocycles. The number of rotatable bonds is 4. The van der Waals surface area contributed by atoms with E-state index in [1.54, 1.807) is 18.2 Å². The van der Waals surface area contributed by atoms with Gasteiger partial charge in [-0.1, -0.05) is 31.4 Å². The molecule has 0 saturated heterocycles. The maximum atomic E-state index is 13.6. The van der Waals surface area contributed by atoms with Gasteiger partial charge < -0.3 is 10.6 Å². The third kappa shape index (κ3) is 4.41. The Hall–Kier alpha value is -2.76. The number of nitrogens with one attached hydrogen (secondary N) is 2. The van der Waals surface area contributed by atoms with Crippen molar-refractivity contribution in [2.24, 2.45) is 0 Å². The van der Waals surface area contributed by atoms with E-state index in [-0.39, 0.29) is 23.3 Å². The number of carbonyl (C=O) groups excluding carboxylic acids is 2. The highest BCUT2D eigenvalue weighted by Crippen LogP contribution is 2.18. The summed E-state index contributed by atoms with van der Waals surface area (Å²) in [6, 6.07) is 9.07. The highest BCUT2D eigenvalue weighted by atomic mass is 19.1. The van der Waals surface area contributed by atoms with Crippen molar-refractivity contribution in [3.63, 3.8) is 0 Å². The zero-order valence-corrected chi connectivity index (χ0v) is 13.8. The van der Waals surface area contributed by atoms with Crippen LogP contribution in [0.4, 0.5) is 10.1 Å². The molecule has 130 valence electrons. The van der Waals surface area contributed by atoms with Crippen molar-refractivity contribution in [1.29, 1.82) is 0 Å². The largest absolute Gasteiger partial charge is 0.349 e. The number of benzene rings is 1. The van der Waals surface area contributed by atoms with Crippen LogP contribution < -0.4 is 10.6 Å². The van der Waals surface area contributed by atoms with Gasteiger partial charge in [-0.15, -0.1) is 0 Å². The zero-order valence-electron chi connectivity index (χ0n) is 13.8. The van der Waals surface area contributed by atoms with Crippen LogP contribution in [0.5, 0.6) is 0 Å². The van der Waals surface area contributed by atoms with E-state index in [0.29, 0.717) is 5.56 Å². The predicted molar refractivity (Wildman–Crippen MR) is 92.9 cm³/mol. The van der Waals surface area contributed by atoms with Gasteiger partial charge in [0.15, 0.2) is 0 Å². The minimum atomic E-state index is -0.558. The number of amides is 2. The van der Waals surface area contributed by atoms with E-state index < -0.39 is 11.7 Å². The van der Waals surface area contributed by atoms with Crippen molar-refractivity contribution in [3.05, 3.63) is 59.7 Å². The Kier molecular flexibility index (Phi) is 5.38. The predicted octanol–water partition coefficient (Wildman–Crippen LogP) is 3.54. The molecule has 25 heavy (non-hydrogen) atoms. The SMILES string of the molecule is O=C(NC1CCCCC1)c1ccnc(C(=O)Nc2ccccc2F)c1. The molecule has 1 aromatic heterocycles.